The highest BCUT2D eigenvalue weighted by molar-refractivity contribution is 5.86. The summed E-state index contributed by atoms with van der Waals surface area (Å²) in [5.41, 5.74) is 3.85. The Bertz CT molecular complexity index is 346. The third kappa shape index (κ3) is 5.33. The summed E-state index contributed by atoms with van der Waals surface area (Å²) >= 11 is 0. The molecule has 4 heteroatoms. The number of rotatable bonds is 10. The molecule has 21 heavy (non-hydrogen) atoms. The summed E-state index contributed by atoms with van der Waals surface area (Å²) in [5, 5.41) is 9.65. The first kappa shape index (κ1) is 19.9. The van der Waals surface area contributed by atoms with Gasteiger partial charge in [-0.15, -0.1) is 0 Å². The second kappa shape index (κ2) is 8.40. The van der Waals surface area contributed by atoms with Crippen molar-refractivity contribution in [3.63, 3.8) is 0 Å². The lowest BCUT2D eigenvalue weighted by atomic mass is 9.59. The average molecular weight is 299 g/mol. The van der Waals surface area contributed by atoms with Crippen molar-refractivity contribution in [1.29, 1.82) is 0 Å². The summed E-state index contributed by atoms with van der Waals surface area (Å²) in [6.45, 7) is 9.40. The number of amides is 1. The largest absolute Gasteiger partial charge is 0.481 e. The van der Waals surface area contributed by atoms with Gasteiger partial charge in [0.2, 0.25) is 5.91 Å². The van der Waals surface area contributed by atoms with Crippen molar-refractivity contribution in [2.24, 2.45) is 22.5 Å². The number of carboxylic acid groups (broad SMARTS) is 1. The van der Waals surface area contributed by atoms with E-state index in [2.05, 4.69) is 6.92 Å². The lowest BCUT2D eigenvalue weighted by molar-refractivity contribution is -0.164. The molecule has 0 aliphatic rings. The molecule has 2 atom stereocenters. The van der Waals surface area contributed by atoms with Gasteiger partial charge in [0.1, 0.15) is 0 Å². The fourth-order valence-electron chi connectivity index (χ4n) is 2.84. The third-order valence-electron chi connectivity index (χ3n) is 4.89. The second-order valence-corrected chi connectivity index (χ2v) is 7.27. The Kier molecular flexibility index (Phi) is 7.98. The molecule has 4 nitrogen and oxygen atoms in total. The highest BCUT2D eigenvalue weighted by Crippen LogP contribution is 2.46. The van der Waals surface area contributed by atoms with E-state index in [0.717, 1.165) is 19.3 Å². The van der Waals surface area contributed by atoms with Gasteiger partial charge in [-0.05, 0) is 18.8 Å². The molecule has 0 aromatic carbocycles. The summed E-state index contributed by atoms with van der Waals surface area (Å²) < 4.78 is 0. The Morgan fingerprint density at radius 2 is 1.48 bits per heavy atom. The number of carbonyl (C=O) groups is 2. The monoisotopic (exact) mass is 299 g/mol. The Morgan fingerprint density at radius 3 is 1.86 bits per heavy atom. The van der Waals surface area contributed by atoms with Crippen LogP contribution in [0.2, 0.25) is 0 Å². The summed E-state index contributed by atoms with van der Waals surface area (Å²) in [5.74, 6) is -2.06. The van der Waals surface area contributed by atoms with E-state index in [1.165, 1.54) is 19.3 Å². The molecule has 0 rings (SSSR count). The number of hydrogen-bond acceptors (Lipinski definition) is 2. The zero-order valence-electron chi connectivity index (χ0n) is 14.4. The molecule has 1 amide bonds. The normalized spacial score (nSPS) is 16.2. The van der Waals surface area contributed by atoms with Gasteiger partial charge < -0.3 is 10.8 Å². The molecule has 0 spiro atoms. The first-order chi connectivity index (χ1) is 9.59. The molecule has 0 aromatic rings. The standard InChI is InChI=1S/C17H33NO3/c1-6-7-8-9-10-11-12-13(14(18)19)17(5,15(20)21)16(2,3)4/h13H,6-12H2,1-5H3,(H2,18,19)(H,20,21)/t13-,17?/m0/s1. The summed E-state index contributed by atoms with van der Waals surface area (Å²) in [4.78, 5) is 23.6. The summed E-state index contributed by atoms with van der Waals surface area (Å²) in [6.07, 6.45) is 7.21. The predicted molar refractivity (Wildman–Crippen MR) is 85.9 cm³/mol. The Morgan fingerprint density at radius 1 is 1.00 bits per heavy atom. The van der Waals surface area contributed by atoms with E-state index >= 15 is 0 Å². The lowest BCUT2D eigenvalue weighted by Crippen LogP contribution is -2.51. The predicted octanol–water partition coefficient (Wildman–Crippen LogP) is 3.98. The fourth-order valence-corrected chi connectivity index (χ4v) is 2.84. The van der Waals surface area contributed by atoms with Crippen molar-refractivity contribution in [1.82, 2.24) is 0 Å². The molecule has 0 aliphatic heterocycles. The van der Waals surface area contributed by atoms with Crippen molar-refractivity contribution in [3.8, 4) is 0 Å². The molecule has 0 bridgehead atoms. The van der Waals surface area contributed by atoms with Crippen molar-refractivity contribution in [3.05, 3.63) is 0 Å². The number of carbonyl (C=O) groups excluding carboxylic acids is 1. The minimum atomic E-state index is -1.14. The molecule has 0 aliphatic carbocycles. The quantitative estimate of drug-likeness (QED) is 0.599. The zero-order valence-corrected chi connectivity index (χ0v) is 14.4. The van der Waals surface area contributed by atoms with Gasteiger partial charge in [0.05, 0.1) is 11.3 Å². The topological polar surface area (TPSA) is 80.4 Å². The molecule has 1 unspecified atom stereocenters. The smallest absolute Gasteiger partial charge is 0.310 e. The third-order valence-corrected chi connectivity index (χ3v) is 4.89. The van der Waals surface area contributed by atoms with Crippen LogP contribution >= 0.6 is 0 Å². The summed E-state index contributed by atoms with van der Waals surface area (Å²) in [7, 11) is 0. The highest BCUT2D eigenvalue weighted by atomic mass is 16.4. The molecule has 0 saturated carbocycles. The van der Waals surface area contributed by atoms with Crippen LogP contribution in [-0.4, -0.2) is 17.0 Å². The van der Waals surface area contributed by atoms with E-state index in [9.17, 15) is 14.7 Å². The van der Waals surface area contributed by atoms with Crippen LogP contribution in [0, 0.1) is 16.7 Å². The van der Waals surface area contributed by atoms with Crippen LogP contribution in [0.3, 0.4) is 0 Å². The van der Waals surface area contributed by atoms with Crippen LogP contribution in [0.4, 0.5) is 0 Å². The van der Waals surface area contributed by atoms with Crippen LogP contribution < -0.4 is 5.73 Å². The number of primary amides is 1. The van der Waals surface area contributed by atoms with Crippen LogP contribution in [0.15, 0.2) is 0 Å². The molecular formula is C17H33NO3. The van der Waals surface area contributed by atoms with Crippen LogP contribution in [0.5, 0.6) is 0 Å². The van der Waals surface area contributed by atoms with Crippen LogP contribution in [0.25, 0.3) is 0 Å². The number of carboxylic acids is 1. The van der Waals surface area contributed by atoms with Gasteiger partial charge >= 0.3 is 5.97 Å². The van der Waals surface area contributed by atoms with Crippen molar-refractivity contribution in [2.75, 3.05) is 0 Å². The van der Waals surface area contributed by atoms with E-state index in [4.69, 9.17) is 5.73 Å². The summed E-state index contributed by atoms with van der Waals surface area (Å²) in [6, 6.07) is 0. The maximum Gasteiger partial charge on any atom is 0.310 e. The van der Waals surface area contributed by atoms with Gasteiger partial charge in [-0.2, -0.15) is 0 Å². The van der Waals surface area contributed by atoms with Gasteiger partial charge in [0.25, 0.3) is 0 Å². The molecule has 3 N–H and O–H groups in total. The second-order valence-electron chi connectivity index (χ2n) is 7.27. The Labute approximate surface area is 129 Å². The number of nitrogens with two attached hydrogens (primary N) is 1. The van der Waals surface area contributed by atoms with E-state index in [0.29, 0.717) is 6.42 Å². The van der Waals surface area contributed by atoms with Gasteiger partial charge in [-0.3, -0.25) is 9.59 Å². The molecule has 0 fully saturated rings. The van der Waals surface area contributed by atoms with Crippen molar-refractivity contribution in [2.45, 2.75) is 79.6 Å². The van der Waals surface area contributed by atoms with Gasteiger partial charge in [0.15, 0.2) is 0 Å². The number of hydrogen-bond donors (Lipinski definition) is 2. The minimum Gasteiger partial charge on any atom is -0.481 e. The van der Waals surface area contributed by atoms with Crippen LogP contribution in [0.1, 0.15) is 79.6 Å². The fraction of sp³-hybridized carbons (Fsp3) is 0.882. The maximum absolute atomic E-state index is 11.8. The van der Waals surface area contributed by atoms with Gasteiger partial charge in [0, 0.05) is 0 Å². The maximum atomic E-state index is 11.8. The Balaban J connectivity index is 4.80. The minimum absolute atomic E-state index is 0.497. The van der Waals surface area contributed by atoms with Crippen molar-refractivity contribution >= 4 is 11.9 Å². The molecule has 0 heterocycles. The van der Waals surface area contributed by atoms with E-state index in [1.807, 2.05) is 20.8 Å². The molecule has 0 aromatic heterocycles. The van der Waals surface area contributed by atoms with Gasteiger partial charge in [-0.1, -0.05) is 66.2 Å². The van der Waals surface area contributed by atoms with Gasteiger partial charge in [-0.25, -0.2) is 0 Å². The molecule has 0 saturated heterocycles. The van der Waals surface area contributed by atoms with Crippen molar-refractivity contribution < 1.29 is 14.7 Å². The molecule has 0 radical (unpaired) electrons. The zero-order chi connectivity index (χ0) is 16.7. The van der Waals surface area contributed by atoms with E-state index < -0.39 is 28.6 Å². The van der Waals surface area contributed by atoms with Crippen LogP contribution in [-0.2, 0) is 9.59 Å². The Hall–Kier alpha value is -1.06. The lowest BCUT2D eigenvalue weighted by Gasteiger charge is -2.42. The molecule has 124 valence electrons. The van der Waals surface area contributed by atoms with E-state index in [1.54, 1.807) is 6.92 Å². The average Bonchev–Trinajstić information content (AvgIpc) is 2.35. The SMILES string of the molecule is CCCCCCCC[C@@H](C(N)=O)C(C)(C(=O)O)C(C)(C)C. The first-order valence-electron chi connectivity index (χ1n) is 8.11. The first-order valence-corrected chi connectivity index (χ1v) is 8.11. The molecular weight excluding hydrogens is 266 g/mol. The van der Waals surface area contributed by atoms with E-state index in [-0.39, 0.29) is 0 Å². The number of unbranched alkanes of at least 4 members (excludes halogenated alkanes) is 5. The number of aliphatic carboxylic acids is 1. The highest BCUT2D eigenvalue weighted by Gasteiger charge is 2.52.